The number of ether oxygens (including phenoxy) is 1. The van der Waals surface area contributed by atoms with Crippen molar-refractivity contribution in [3.8, 4) is 11.1 Å². The Morgan fingerprint density at radius 1 is 0.971 bits per heavy atom. The molecule has 186 valence electrons. The molecule has 0 radical (unpaired) electrons. The van der Waals surface area contributed by atoms with E-state index in [1.54, 1.807) is 13.8 Å². The van der Waals surface area contributed by atoms with Crippen LogP contribution in [0.5, 0.6) is 0 Å². The monoisotopic (exact) mass is 478 g/mol. The first-order chi connectivity index (χ1) is 16.8. The molecule has 2 amide bonds. The van der Waals surface area contributed by atoms with Crippen LogP contribution in [0.4, 0.5) is 4.79 Å². The van der Waals surface area contributed by atoms with E-state index in [0.717, 1.165) is 41.5 Å². The maximum atomic E-state index is 13.0. The molecule has 2 aromatic carbocycles. The van der Waals surface area contributed by atoms with Crippen LogP contribution < -0.4 is 10.6 Å². The summed E-state index contributed by atoms with van der Waals surface area (Å²) in [6.45, 7) is 3.70. The number of carbonyl (C=O) groups is 3. The Labute approximate surface area is 206 Å². The topological polar surface area (TPSA) is 105 Å². The lowest BCUT2D eigenvalue weighted by Gasteiger charge is -2.38. The molecule has 1 saturated carbocycles. The molecule has 7 nitrogen and oxygen atoms in total. The van der Waals surface area contributed by atoms with Crippen molar-refractivity contribution in [3.63, 3.8) is 0 Å². The summed E-state index contributed by atoms with van der Waals surface area (Å²) in [7, 11) is 0. The quantitative estimate of drug-likeness (QED) is 0.503. The molecule has 2 aromatic rings. The van der Waals surface area contributed by atoms with Gasteiger partial charge < -0.3 is 20.5 Å². The Bertz CT molecular complexity index is 1050. The summed E-state index contributed by atoms with van der Waals surface area (Å²) in [6.07, 6.45) is 3.51. The van der Waals surface area contributed by atoms with Gasteiger partial charge in [0.15, 0.2) is 0 Å². The smallest absolute Gasteiger partial charge is 0.407 e. The normalized spacial score (nSPS) is 18.0. The van der Waals surface area contributed by atoms with Crippen molar-refractivity contribution in [2.24, 2.45) is 5.92 Å². The van der Waals surface area contributed by atoms with Gasteiger partial charge in [-0.15, -0.1) is 0 Å². The molecule has 0 heterocycles. The second kappa shape index (κ2) is 10.5. The lowest BCUT2D eigenvalue weighted by Crippen LogP contribution is -2.55. The van der Waals surface area contributed by atoms with Crippen LogP contribution in [0, 0.1) is 5.92 Å². The number of carboxylic acid groups (broad SMARTS) is 1. The highest BCUT2D eigenvalue weighted by molar-refractivity contribution is 5.82. The van der Waals surface area contributed by atoms with Crippen molar-refractivity contribution in [1.82, 2.24) is 10.6 Å². The number of amides is 2. The molecule has 4 rings (SSSR count). The van der Waals surface area contributed by atoms with Crippen molar-refractivity contribution >= 4 is 18.0 Å². The number of fused-ring (bicyclic) bond motifs is 3. The van der Waals surface area contributed by atoms with E-state index in [1.165, 1.54) is 0 Å². The summed E-state index contributed by atoms with van der Waals surface area (Å²) in [5, 5.41) is 15.1. The average molecular weight is 479 g/mol. The molecule has 2 aliphatic rings. The van der Waals surface area contributed by atoms with Gasteiger partial charge in [0, 0.05) is 12.0 Å². The predicted molar refractivity (Wildman–Crippen MR) is 133 cm³/mol. The largest absolute Gasteiger partial charge is 0.481 e. The molecule has 0 aromatic heterocycles. The van der Waals surface area contributed by atoms with Crippen LogP contribution in [0.15, 0.2) is 48.5 Å². The predicted octanol–water partition coefficient (Wildman–Crippen LogP) is 4.84. The van der Waals surface area contributed by atoms with Gasteiger partial charge in [0.2, 0.25) is 5.91 Å². The molecule has 0 aliphatic heterocycles. The summed E-state index contributed by atoms with van der Waals surface area (Å²) in [6, 6.07) is 15.8. The second-order valence-corrected chi connectivity index (χ2v) is 9.95. The maximum Gasteiger partial charge on any atom is 0.407 e. The standard InChI is InChI=1S/C28H34N2O5/c1-18(26(33)30-28(16-25(31)32)14-8-3-9-15-28)19(2)29-27(34)35-17-24-22-12-6-4-10-20(22)21-11-5-7-13-23(21)24/h4-7,10-13,18-19,24H,3,8-9,14-17H2,1-2H3,(H,29,34)(H,30,33)(H,31,32). The summed E-state index contributed by atoms with van der Waals surface area (Å²) in [4.78, 5) is 37.0. The molecule has 1 fully saturated rings. The lowest BCUT2D eigenvalue weighted by atomic mass is 9.78. The third-order valence-corrected chi connectivity index (χ3v) is 7.54. The van der Waals surface area contributed by atoms with Crippen LogP contribution in [0.2, 0.25) is 0 Å². The number of rotatable bonds is 8. The molecule has 0 saturated heterocycles. The van der Waals surface area contributed by atoms with Crippen molar-refractivity contribution in [2.75, 3.05) is 6.61 Å². The fraction of sp³-hybridized carbons (Fsp3) is 0.464. The highest BCUT2D eigenvalue weighted by Crippen LogP contribution is 2.44. The molecule has 2 unspecified atom stereocenters. The zero-order valence-electron chi connectivity index (χ0n) is 20.4. The maximum absolute atomic E-state index is 13.0. The van der Waals surface area contributed by atoms with Gasteiger partial charge in [-0.3, -0.25) is 9.59 Å². The molecule has 3 N–H and O–H groups in total. The van der Waals surface area contributed by atoms with Gasteiger partial charge in [0.25, 0.3) is 0 Å². The molecule has 0 bridgehead atoms. The highest BCUT2D eigenvalue weighted by Gasteiger charge is 2.38. The first-order valence-electron chi connectivity index (χ1n) is 12.4. The number of benzene rings is 2. The minimum absolute atomic E-state index is 0.0358. The minimum atomic E-state index is -0.912. The summed E-state index contributed by atoms with van der Waals surface area (Å²) >= 11 is 0. The zero-order chi connectivity index (χ0) is 25.0. The molecule has 2 atom stereocenters. The molecule has 2 aliphatic carbocycles. The third kappa shape index (κ3) is 5.50. The highest BCUT2D eigenvalue weighted by atomic mass is 16.5. The van der Waals surface area contributed by atoms with Gasteiger partial charge in [-0.25, -0.2) is 4.79 Å². The van der Waals surface area contributed by atoms with E-state index >= 15 is 0 Å². The van der Waals surface area contributed by atoms with Crippen molar-refractivity contribution in [1.29, 1.82) is 0 Å². The second-order valence-electron chi connectivity index (χ2n) is 9.95. The third-order valence-electron chi connectivity index (χ3n) is 7.54. The lowest BCUT2D eigenvalue weighted by molar-refractivity contribution is -0.140. The van der Waals surface area contributed by atoms with Crippen molar-refractivity contribution in [3.05, 3.63) is 59.7 Å². The zero-order valence-corrected chi connectivity index (χ0v) is 20.4. The number of hydrogen-bond donors (Lipinski definition) is 3. The van der Waals surface area contributed by atoms with Crippen LogP contribution >= 0.6 is 0 Å². The Hall–Kier alpha value is -3.35. The van der Waals surface area contributed by atoms with Crippen molar-refractivity contribution < 1.29 is 24.2 Å². The van der Waals surface area contributed by atoms with E-state index in [0.29, 0.717) is 12.8 Å². The molecular weight excluding hydrogens is 444 g/mol. The van der Waals surface area contributed by atoms with Crippen LogP contribution in [0.3, 0.4) is 0 Å². The number of carboxylic acids is 1. The van der Waals surface area contributed by atoms with Crippen LogP contribution in [0.1, 0.15) is 69.4 Å². The molecule has 35 heavy (non-hydrogen) atoms. The molecule has 0 spiro atoms. The molecule has 7 heteroatoms. The van der Waals surface area contributed by atoms with E-state index in [2.05, 4.69) is 34.9 Å². The van der Waals surface area contributed by atoms with Gasteiger partial charge in [-0.05, 0) is 42.0 Å². The number of alkyl carbamates (subject to hydrolysis) is 1. The Morgan fingerprint density at radius 3 is 2.11 bits per heavy atom. The van der Waals surface area contributed by atoms with Crippen molar-refractivity contribution in [2.45, 2.75) is 69.9 Å². The molecular formula is C28H34N2O5. The van der Waals surface area contributed by atoms with E-state index in [4.69, 9.17) is 4.74 Å². The fourth-order valence-corrected chi connectivity index (χ4v) is 5.42. The Kier molecular flexibility index (Phi) is 7.43. The first-order valence-corrected chi connectivity index (χ1v) is 12.4. The van der Waals surface area contributed by atoms with Crippen LogP contribution in [0.25, 0.3) is 11.1 Å². The number of carbonyl (C=O) groups excluding carboxylic acids is 2. The first kappa shape index (κ1) is 24.8. The van der Waals surface area contributed by atoms with E-state index < -0.39 is 29.6 Å². The van der Waals surface area contributed by atoms with Gasteiger partial charge >= 0.3 is 12.1 Å². The van der Waals surface area contributed by atoms with E-state index in [-0.39, 0.29) is 24.9 Å². The summed E-state index contributed by atoms with van der Waals surface area (Å²) in [5.74, 6) is -1.74. The SMILES string of the molecule is CC(NC(=O)OCC1c2ccccc2-c2ccccc21)C(C)C(=O)NC1(CC(=O)O)CCCCC1. The van der Waals surface area contributed by atoms with E-state index in [9.17, 15) is 19.5 Å². The van der Waals surface area contributed by atoms with Gasteiger partial charge in [0.05, 0.1) is 17.9 Å². The Balaban J connectivity index is 1.34. The summed E-state index contributed by atoms with van der Waals surface area (Å²) in [5.41, 5.74) is 3.89. The average Bonchev–Trinajstić information content (AvgIpc) is 3.16. The van der Waals surface area contributed by atoms with E-state index in [1.807, 2.05) is 24.3 Å². The van der Waals surface area contributed by atoms with Crippen LogP contribution in [-0.4, -0.2) is 41.3 Å². The minimum Gasteiger partial charge on any atom is -0.481 e. The van der Waals surface area contributed by atoms with Gasteiger partial charge in [-0.1, -0.05) is 74.7 Å². The van der Waals surface area contributed by atoms with Gasteiger partial charge in [0.1, 0.15) is 6.61 Å². The number of hydrogen-bond acceptors (Lipinski definition) is 4. The Morgan fingerprint density at radius 2 is 1.54 bits per heavy atom. The summed E-state index contributed by atoms with van der Waals surface area (Å²) < 4.78 is 5.60. The van der Waals surface area contributed by atoms with Gasteiger partial charge in [-0.2, -0.15) is 0 Å². The number of aliphatic carboxylic acids is 1. The number of nitrogens with one attached hydrogen (secondary N) is 2. The fourth-order valence-electron chi connectivity index (χ4n) is 5.42. The van der Waals surface area contributed by atoms with Crippen LogP contribution in [-0.2, 0) is 14.3 Å².